The van der Waals surface area contributed by atoms with Gasteiger partial charge in [0.2, 0.25) is 0 Å². The minimum atomic E-state index is -0.816. The maximum atomic E-state index is 11.3. The summed E-state index contributed by atoms with van der Waals surface area (Å²) in [7, 11) is 1.61. The molecule has 0 aromatic carbocycles. The molecule has 2 rings (SSSR count). The number of aromatic nitrogens is 5. The molecule has 0 amide bonds. The zero-order valence-electron chi connectivity index (χ0n) is 11.3. The first-order chi connectivity index (χ1) is 9.52. The van der Waals surface area contributed by atoms with Crippen LogP contribution in [0.2, 0.25) is 0 Å². The fourth-order valence-corrected chi connectivity index (χ4v) is 2.35. The van der Waals surface area contributed by atoms with Crippen LogP contribution >= 0.6 is 11.8 Å². The van der Waals surface area contributed by atoms with Gasteiger partial charge in [-0.15, -0.1) is 0 Å². The van der Waals surface area contributed by atoms with Gasteiger partial charge >= 0.3 is 11.1 Å². The molecule has 0 saturated heterocycles. The summed E-state index contributed by atoms with van der Waals surface area (Å²) in [5, 5.41) is 6.55. The summed E-state index contributed by atoms with van der Waals surface area (Å²) < 4.78 is 1.39. The Hall–Kier alpha value is -2.16. The van der Waals surface area contributed by atoms with E-state index >= 15 is 0 Å². The van der Waals surface area contributed by atoms with Crippen LogP contribution < -0.4 is 16.4 Å². The highest BCUT2D eigenvalue weighted by atomic mass is 32.2. The highest BCUT2D eigenvalue weighted by molar-refractivity contribution is 7.99. The average molecular weight is 294 g/mol. The van der Waals surface area contributed by atoms with Crippen molar-refractivity contribution in [3.63, 3.8) is 0 Å². The molecule has 0 spiro atoms. The number of nitrogens with zero attached hydrogens (tertiary/aromatic N) is 4. The summed E-state index contributed by atoms with van der Waals surface area (Å²) in [6.07, 6.45) is 1.44. The van der Waals surface area contributed by atoms with Crippen LogP contribution in [-0.2, 0) is 7.05 Å². The predicted molar refractivity (Wildman–Crippen MR) is 75.2 cm³/mol. The van der Waals surface area contributed by atoms with E-state index < -0.39 is 11.1 Å². The number of aryl methyl sites for hydroxylation is 1. The summed E-state index contributed by atoms with van der Waals surface area (Å²) in [4.78, 5) is 34.5. The van der Waals surface area contributed by atoms with Crippen LogP contribution in [0.15, 0.2) is 26.1 Å². The minimum absolute atomic E-state index is 0.360. The molecule has 2 N–H and O–H groups in total. The van der Waals surface area contributed by atoms with Gasteiger partial charge in [-0.3, -0.25) is 19.4 Å². The van der Waals surface area contributed by atoms with Crippen LogP contribution in [-0.4, -0.2) is 31.3 Å². The number of hydrogen-bond acceptors (Lipinski definition) is 7. The summed E-state index contributed by atoms with van der Waals surface area (Å²) in [6, 6.07) is 0. The second-order valence-electron chi connectivity index (χ2n) is 3.98. The van der Waals surface area contributed by atoms with Gasteiger partial charge in [0, 0.05) is 19.2 Å². The lowest BCUT2D eigenvalue weighted by atomic mass is 10.3. The van der Waals surface area contributed by atoms with E-state index in [4.69, 9.17) is 0 Å². The number of hydrogen-bond donors (Lipinski definition) is 2. The van der Waals surface area contributed by atoms with E-state index in [-0.39, 0.29) is 0 Å². The molecule has 2 heterocycles. The molecule has 2 aromatic rings. The maximum Gasteiger partial charge on any atom is 0.339 e. The zero-order chi connectivity index (χ0) is 14.7. The number of nitrogens with one attached hydrogen (secondary N) is 2. The van der Waals surface area contributed by atoms with Crippen molar-refractivity contribution in [1.82, 2.24) is 24.7 Å². The number of rotatable bonds is 4. The van der Waals surface area contributed by atoms with Crippen molar-refractivity contribution in [3.8, 4) is 0 Å². The molecule has 20 heavy (non-hydrogen) atoms. The van der Waals surface area contributed by atoms with Gasteiger partial charge in [-0.25, -0.2) is 9.97 Å². The lowest BCUT2D eigenvalue weighted by molar-refractivity contribution is 0.596. The Balaban J connectivity index is 2.40. The van der Waals surface area contributed by atoms with Crippen LogP contribution in [0, 0.1) is 6.92 Å². The second kappa shape index (κ2) is 5.87. The van der Waals surface area contributed by atoms with Crippen LogP contribution in [0.3, 0.4) is 0 Å². The Morgan fingerprint density at radius 1 is 1.40 bits per heavy atom. The van der Waals surface area contributed by atoms with E-state index in [0.717, 1.165) is 17.9 Å². The molecule has 0 saturated carbocycles. The van der Waals surface area contributed by atoms with E-state index in [1.54, 1.807) is 7.05 Å². The second-order valence-corrected chi connectivity index (χ2v) is 4.94. The van der Waals surface area contributed by atoms with Crippen LogP contribution in [0.4, 0.5) is 5.82 Å². The van der Waals surface area contributed by atoms with Crippen molar-refractivity contribution in [2.24, 2.45) is 7.05 Å². The molecule has 2 aromatic heterocycles. The van der Waals surface area contributed by atoms with Gasteiger partial charge < -0.3 is 5.32 Å². The minimum Gasteiger partial charge on any atom is -0.370 e. The molecule has 0 aliphatic carbocycles. The van der Waals surface area contributed by atoms with Gasteiger partial charge in [-0.1, -0.05) is 0 Å². The van der Waals surface area contributed by atoms with E-state index in [1.807, 2.05) is 13.8 Å². The first-order valence-electron chi connectivity index (χ1n) is 5.93. The highest BCUT2D eigenvalue weighted by Gasteiger charge is 2.12. The molecular weight excluding hydrogens is 280 g/mol. The third kappa shape index (κ3) is 2.87. The van der Waals surface area contributed by atoms with Gasteiger partial charge in [0.25, 0.3) is 0 Å². The summed E-state index contributed by atoms with van der Waals surface area (Å²) in [5.41, 5.74) is -0.700. The molecule has 0 atom stereocenters. The lowest BCUT2D eigenvalue weighted by Gasteiger charge is -2.10. The number of H-pyrrole nitrogens is 1. The van der Waals surface area contributed by atoms with Crippen molar-refractivity contribution >= 4 is 17.6 Å². The van der Waals surface area contributed by atoms with Crippen molar-refractivity contribution in [2.45, 2.75) is 24.0 Å². The van der Waals surface area contributed by atoms with E-state index in [9.17, 15) is 9.59 Å². The van der Waals surface area contributed by atoms with Gasteiger partial charge in [0.1, 0.15) is 17.2 Å². The first-order valence-corrected chi connectivity index (χ1v) is 6.75. The SMILES string of the molecule is CCNc1ncnc(Sc2nc(=O)c(=O)[nH]n2C)c1C. The van der Waals surface area contributed by atoms with Gasteiger partial charge in [-0.05, 0) is 25.6 Å². The van der Waals surface area contributed by atoms with Crippen LogP contribution in [0.1, 0.15) is 12.5 Å². The monoisotopic (exact) mass is 294 g/mol. The Labute approximate surface area is 118 Å². The van der Waals surface area contributed by atoms with Gasteiger partial charge in [0.15, 0.2) is 5.16 Å². The zero-order valence-corrected chi connectivity index (χ0v) is 12.1. The van der Waals surface area contributed by atoms with Crippen molar-refractivity contribution in [3.05, 3.63) is 32.6 Å². The maximum absolute atomic E-state index is 11.3. The fraction of sp³-hybridized carbons (Fsp3) is 0.364. The molecule has 0 aliphatic rings. The average Bonchev–Trinajstić information content (AvgIpc) is 2.40. The topological polar surface area (TPSA) is 106 Å². The largest absolute Gasteiger partial charge is 0.370 e. The van der Waals surface area contributed by atoms with E-state index in [2.05, 4.69) is 25.4 Å². The highest BCUT2D eigenvalue weighted by Crippen LogP contribution is 2.27. The van der Waals surface area contributed by atoms with Crippen molar-refractivity contribution in [1.29, 1.82) is 0 Å². The molecule has 9 heteroatoms. The van der Waals surface area contributed by atoms with Crippen molar-refractivity contribution < 1.29 is 0 Å². The van der Waals surface area contributed by atoms with Crippen LogP contribution in [0.5, 0.6) is 0 Å². The van der Waals surface area contributed by atoms with Gasteiger partial charge in [0.05, 0.1) is 0 Å². The predicted octanol–water partition coefficient (Wildman–Crippen LogP) is 0.150. The third-order valence-electron chi connectivity index (χ3n) is 2.52. The molecule has 0 bridgehead atoms. The Morgan fingerprint density at radius 3 is 2.85 bits per heavy atom. The summed E-state index contributed by atoms with van der Waals surface area (Å²) in [6.45, 7) is 4.60. The first kappa shape index (κ1) is 14.3. The van der Waals surface area contributed by atoms with Crippen LogP contribution in [0.25, 0.3) is 0 Å². The number of anilines is 1. The Kier molecular flexibility index (Phi) is 4.18. The molecule has 0 aliphatic heterocycles. The Morgan fingerprint density at radius 2 is 2.15 bits per heavy atom. The fourth-order valence-electron chi connectivity index (χ4n) is 1.52. The van der Waals surface area contributed by atoms with E-state index in [0.29, 0.717) is 10.2 Å². The van der Waals surface area contributed by atoms with Gasteiger partial charge in [-0.2, -0.15) is 4.98 Å². The third-order valence-corrected chi connectivity index (χ3v) is 3.67. The smallest absolute Gasteiger partial charge is 0.339 e. The summed E-state index contributed by atoms with van der Waals surface area (Å²) >= 11 is 1.19. The quantitative estimate of drug-likeness (QED) is 0.610. The lowest BCUT2D eigenvalue weighted by Crippen LogP contribution is -2.33. The standard InChI is InChI=1S/C11H14N6O2S/c1-4-12-7-6(2)10(14-5-13-7)20-11-15-8(18)9(19)16-17(11)3/h5H,4H2,1-3H3,(H,16,19)(H,12,13,14). The molecular formula is C11H14N6O2S. The molecule has 8 nitrogen and oxygen atoms in total. The summed E-state index contributed by atoms with van der Waals surface area (Å²) in [5.74, 6) is 0.736. The molecule has 0 radical (unpaired) electrons. The molecule has 106 valence electrons. The van der Waals surface area contributed by atoms with E-state index in [1.165, 1.54) is 22.8 Å². The number of aromatic amines is 1. The normalized spacial score (nSPS) is 10.6. The molecule has 0 fully saturated rings. The Bertz CT molecular complexity index is 738. The molecule has 0 unspecified atom stereocenters. The van der Waals surface area contributed by atoms with Crippen molar-refractivity contribution in [2.75, 3.05) is 11.9 Å².